The van der Waals surface area contributed by atoms with E-state index < -0.39 is 23.4 Å². The number of hydrogen-bond donors (Lipinski definition) is 1. The lowest BCUT2D eigenvalue weighted by Gasteiger charge is -2.13. The first kappa shape index (κ1) is 23.2. The van der Waals surface area contributed by atoms with Crippen molar-refractivity contribution < 1.29 is 19.2 Å². The van der Waals surface area contributed by atoms with E-state index in [4.69, 9.17) is 4.74 Å². The number of esters is 1. The first-order valence-electron chi connectivity index (χ1n) is 9.97. The number of aromatic nitrogens is 3. The monoisotopic (exact) mass is 450 g/mol. The van der Waals surface area contributed by atoms with Crippen LogP contribution in [0.25, 0.3) is 5.69 Å². The second-order valence-corrected chi connectivity index (χ2v) is 7.36. The number of aryl methyl sites for hydroxylation is 1. The van der Waals surface area contributed by atoms with Gasteiger partial charge in [0.05, 0.1) is 10.5 Å². The van der Waals surface area contributed by atoms with Crippen molar-refractivity contribution in [3.05, 3.63) is 68.7 Å². The molecule has 3 aromatic rings. The Morgan fingerprint density at radius 3 is 2.42 bits per heavy atom. The Morgan fingerprint density at radius 1 is 1.18 bits per heavy atom. The molecule has 1 aromatic carbocycles. The highest BCUT2D eigenvalue weighted by Crippen LogP contribution is 2.29. The molecule has 1 N–H and O–H groups in total. The number of nitro groups is 1. The summed E-state index contributed by atoms with van der Waals surface area (Å²) in [5.74, 6) is -1.13. The topological polar surface area (TPSA) is 145 Å². The van der Waals surface area contributed by atoms with Gasteiger partial charge in [0, 0.05) is 11.4 Å². The first-order chi connectivity index (χ1) is 15.6. The Labute approximate surface area is 189 Å². The summed E-state index contributed by atoms with van der Waals surface area (Å²) in [5.41, 5.74) is 2.81. The maximum Gasteiger partial charge on any atom is 0.328 e. The number of carbonyl (C=O) groups excluding carboxylic acids is 2. The zero-order chi connectivity index (χ0) is 24.3. The number of hydrogen-bond acceptors (Lipinski definition) is 7. The predicted octanol–water partition coefficient (Wildman–Crippen LogP) is 2.87. The van der Waals surface area contributed by atoms with Gasteiger partial charge in [-0.1, -0.05) is 18.2 Å². The van der Waals surface area contributed by atoms with Gasteiger partial charge in [-0.25, -0.2) is 0 Å². The summed E-state index contributed by atoms with van der Waals surface area (Å²) in [4.78, 5) is 35.3. The Morgan fingerprint density at radius 2 is 1.85 bits per heavy atom. The first-order valence-corrected chi connectivity index (χ1v) is 9.97. The van der Waals surface area contributed by atoms with Crippen molar-refractivity contribution in [2.45, 2.75) is 34.2 Å². The average Bonchev–Trinajstić information content (AvgIpc) is 3.18. The molecular weight excluding hydrogens is 428 g/mol. The molecule has 0 fully saturated rings. The summed E-state index contributed by atoms with van der Waals surface area (Å²) in [6, 6.07) is 11.3. The van der Waals surface area contributed by atoms with Crippen LogP contribution in [0.15, 0.2) is 30.3 Å². The third kappa shape index (κ3) is 4.59. The predicted molar refractivity (Wildman–Crippen MR) is 118 cm³/mol. The van der Waals surface area contributed by atoms with Crippen LogP contribution in [0.4, 0.5) is 11.5 Å². The number of rotatable bonds is 7. The Bertz CT molecular complexity index is 1280. The molecule has 11 nitrogen and oxygen atoms in total. The number of para-hydroxylation sites is 1. The minimum Gasteiger partial charge on any atom is -0.454 e. The lowest BCUT2D eigenvalue weighted by atomic mass is 10.2. The second-order valence-electron chi connectivity index (χ2n) is 7.36. The minimum atomic E-state index is -0.781. The van der Waals surface area contributed by atoms with E-state index in [0.717, 1.165) is 21.6 Å². The molecule has 0 unspecified atom stereocenters. The summed E-state index contributed by atoms with van der Waals surface area (Å²) in [6.45, 7) is 5.60. The van der Waals surface area contributed by atoms with Gasteiger partial charge in [-0.3, -0.25) is 29.0 Å². The Hall–Kier alpha value is -4.46. The van der Waals surface area contributed by atoms with Gasteiger partial charge in [0.2, 0.25) is 0 Å². The van der Waals surface area contributed by atoms with Crippen LogP contribution >= 0.6 is 0 Å². The highest BCUT2D eigenvalue weighted by Gasteiger charge is 2.24. The van der Waals surface area contributed by atoms with Crippen LogP contribution in [0.3, 0.4) is 0 Å². The van der Waals surface area contributed by atoms with E-state index in [2.05, 4.69) is 16.5 Å². The molecule has 0 aliphatic carbocycles. The zero-order valence-corrected chi connectivity index (χ0v) is 18.6. The molecule has 0 aliphatic rings. The molecule has 0 spiro atoms. The summed E-state index contributed by atoms with van der Waals surface area (Å²) in [5, 5.41) is 27.3. The maximum absolute atomic E-state index is 12.5. The fourth-order valence-electron chi connectivity index (χ4n) is 3.55. The molecule has 0 aliphatic heterocycles. The van der Waals surface area contributed by atoms with Crippen LogP contribution in [0.1, 0.15) is 28.2 Å². The zero-order valence-electron chi connectivity index (χ0n) is 18.6. The van der Waals surface area contributed by atoms with Crippen LogP contribution < -0.4 is 5.32 Å². The van der Waals surface area contributed by atoms with Gasteiger partial charge >= 0.3 is 11.7 Å². The van der Waals surface area contributed by atoms with Gasteiger partial charge in [-0.05, 0) is 45.4 Å². The quantitative estimate of drug-likeness (QED) is 0.331. The fraction of sp³-hybridized carbons (Fsp3) is 0.273. The van der Waals surface area contributed by atoms with Crippen LogP contribution in [0.2, 0.25) is 0 Å². The number of nitrogens with one attached hydrogen (secondary N) is 1. The van der Waals surface area contributed by atoms with Crippen LogP contribution in [-0.4, -0.2) is 37.8 Å². The van der Waals surface area contributed by atoms with Crippen LogP contribution in [0.5, 0.6) is 0 Å². The van der Waals surface area contributed by atoms with Crippen molar-refractivity contribution in [2.75, 3.05) is 11.9 Å². The van der Waals surface area contributed by atoms with Crippen molar-refractivity contribution in [3.8, 4) is 11.8 Å². The number of carbonyl (C=O) groups is 2. The number of benzene rings is 1. The standard InChI is InChI=1S/C22H22N6O5/c1-13-15(3)27(17-8-6-5-7-9-17)22(18(13)10-23)24-19(29)12-33-20(30)11-26-16(4)21(28(31)32)14(2)25-26/h5-9H,11-12H2,1-4H3,(H,24,29). The summed E-state index contributed by atoms with van der Waals surface area (Å²) in [6.07, 6.45) is 0. The lowest BCUT2D eigenvalue weighted by Crippen LogP contribution is -2.25. The van der Waals surface area contributed by atoms with Gasteiger partial charge in [-0.15, -0.1) is 0 Å². The summed E-state index contributed by atoms with van der Waals surface area (Å²) in [7, 11) is 0. The average molecular weight is 450 g/mol. The molecule has 0 radical (unpaired) electrons. The van der Waals surface area contributed by atoms with E-state index in [1.54, 1.807) is 11.5 Å². The Kier molecular flexibility index (Phi) is 6.58. The molecular formula is C22H22N6O5. The number of nitrogens with zero attached hydrogens (tertiary/aromatic N) is 5. The minimum absolute atomic E-state index is 0.169. The van der Waals surface area contributed by atoms with E-state index in [1.807, 2.05) is 37.3 Å². The van der Waals surface area contributed by atoms with Crippen molar-refractivity contribution in [3.63, 3.8) is 0 Å². The number of anilines is 1. The van der Waals surface area contributed by atoms with Crippen molar-refractivity contribution in [2.24, 2.45) is 0 Å². The molecule has 1 amide bonds. The van der Waals surface area contributed by atoms with Gasteiger partial charge in [-0.2, -0.15) is 10.4 Å². The molecule has 11 heteroatoms. The molecule has 0 saturated heterocycles. The number of nitriles is 1. The molecule has 2 aromatic heterocycles. The van der Waals surface area contributed by atoms with Crippen LogP contribution in [0, 0.1) is 49.1 Å². The summed E-state index contributed by atoms with van der Waals surface area (Å²) < 4.78 is 7.94. The fourth-order valence-corrected chi connectivity index (χ4v) is 3.55. The molecule has 33 heavy (non-hydrogen) atoms. The molecule has 3 rings (SSSR count). The molecule has 0 bridgehead atoms. The number of amides is 1. The van der Waals surface area contributed by atoms with Crippen LogP contribution in [-0.2, 0) is 20.9 Å². The van der Waals surface area contributed by atoms with Gasteiger partial charge in [0.25, 0.3) is 5.91 Å². The molecule has 0 atom stereocenters. The van der Waals surface area contributed by atoms with Crippen molar-refractivity contribution in [1.29, 1.82) is 5.26 Å². The van der Waals surface area contributed by atoms with Gasteiger partial charge < -0.3 is 10.1 Å². The highest BCUT2D eigenvalue weighted by atomic mass is 16.6. The van der Waals surface area contributed by atoms with E-state index in [1.165, 1.54) is 13.8 Å². The molecule has 170 valence electrons. The summed E-state index contributed by atoms with van der Waals surface area (Å²) >= 11 is 0. The Balaban J connectivity index is 1.73. The molecule has 0 saturated carbocycles. The van der Waals surface area contributed by atoms with Crippen molar-refractivity contribution >= 4 is 23.4 Å². The van der Waals surface area contributed by atoms with E-state index >= 15 is 0 Å². The normalized spacial score (nSPS) is 10.5. The lowest BCUT2D eigenvalue weighted by molar-refractivity contribution is -0.386. The maximum atomic E-state index is 12.5. The van der Waals surface area contributed by atoms with E-state index in [0.29, 0.717) is 5.56 Å². The molecule has 2 heterocycles. The second kappa shape index (κ2) is 9.35. The third-order valence-corrected chi connectivity index (χ3v) is 5.27. The van der Waals surface area contributed by atoms with E-state index in [9.17, 15) is 25.0 Å². The highest BCUT2D eigenvalue weighted by molar-refractivity contribution is 5.94. The van der Waals surface area contributed by atoms with Gasteiger partial charge in [0.1, 0.15) is 29.8 Å². The largest absolute Gasteiger partial charge is 0.454 e. The number of ether oxygens (including phenoxy) is 1. The van der Waals surface area contributed by atoms with Crippen molar-refractivity contribution in [1.82, 2.24) is 14.3 Å². The SMILES string of the molecule is Cc1nn(CC(=O)OCC(=O)Nc2c(C#N)c(C)c(C)n2-c2ccccc2)c(C)c1[N+](=O)[O-]. The van der Waals surface area contributed by atoms with E-state index in [-0.39, 0.29) is 29.4 Å². The smallest absolute Gasteiger partial charge is 0.328 e. The van der Waals surface area contributed by atoms with Gasteiger partial charge in [0.15, 0.2) is 6.61 Å². The third-order valence-electron chi connectivity index (χ3n) is 5.27.